The highest BCUT2D eigenvalue weighted by atomic mass is 19.4. The molecule has 0 bridgehead atoms. The number of aromatic nitrogens is 1. The van der Waals surface area contributed by atoms with Gasteiger partial charge in [0.05, 0.1) is 11.3 Å². The highest BCUT2D eigenvalue weighted by Crippen LogP contribution is 2.37. The molecule has 5 heteroatoms. The highest BCUT2D eigenvalue weighted by Gasteiger charge is 2.34. The van der Waals surface area contributed by atoms with Gasteiger partial charge in [0.15, 0.2) is 0 Å². The summed E-state index contributed by atoms with van der Waals surface area (Å²) in [6, 6.07) is 9.72. The number of rotatable bonds is 4. The van der Waals surface area contributed by atoms with Gasteiger partial charge in [-0.3, -0.25) is 4.98 Å². The summed E-state index contributed by atoms with van der Waals surface area (Å²) in [6.45, 7) is 0.542. The van der Waals surface area contributed by atoms with E-state index in [0.717, 1.165) is 24.5 Å². The summed E-state index contributed by atoms with van der Waals surface area (Å²) in [4.78, 5) is 4.25. The van der Waals surface area contributed by atoms with Crippen molar-refractivity contribution >= 4 is 0 Å². The highest BCUT2D eigenvalue weighted by molar-refractivity contribution is 5.67. The Bertz CT molecular complexity index is 676. The molecule has 1 fully saturated rings. The molecule has 1 aromatic carbocycles. The Kier molecular flexibility index (Phi) is 5.19. The zero-order valence-electron chi connectivity index (χ0n) is 13.4. The first-order chi connectivity index (χ1) is 11.6. The fraction of sp³-hybridized carbons (Fsp3) is 0.421. The Balaban J connectivity index is 1.87. The molecule has 1 aromatic heterocycles. The molecule has 1 aliphatic rings. The molecule has 2 nitrogen and oxygen atoms in total. The van der Waals surface area contributed by atoms with Crippen LogP contribution in [0.2, 0.25) is 0 Å². The van der Waals surface area contributed by atoms with Crippen molar-refractivity contribution in [1.29, 1.82) is 0 Å². The van der Waals surface area contributed by atoms with Gasteiger partial charge in [0.25, 0.3) is 0 Å². The van der Waals surface area contributed by atoms with E-state index < -0.39 is 11.7 Å². The van der Waals surface area contributed by atoms with Crippen molar-refractivity contribution in [2.75, 3.05) is 0 Å². The summed E-state index contributed by atoms with van der Waals surface area (Å²) in [7, 11) is 0. The lowest BCUT2D eigenvalue weighted by molar-refractivity contribution is -0.137. The molecule has 0 spiro atoms. The molecule has 0 atom stereocenters. The molecule has 1 N–H and O–H groups in total. The molecule has 2 aromatic rings. The minimum Gasteiger partial charge on any atom is -0.310 e. The van der Waals surface area contributed by atoms with E-state index in [2.05, 4.69) is 10.3 Å². The van der Waals surface area contributed by atoms with Crippen LogP contribution in [0.15, 0.2) is 42.6 Å². The molecule has 0 saturated heterocycles. The fourth-order valence-electron chi connectivity index (χ4n) is 3.32. The van der Waals surface area contributed by atoms with Gasteiger partial charge in [-0.1, -0.05) is 43.5 Å². The number of hydrogen-bond acceptors (Lipinski definition) is 2. The van der Waals surface area contributed by atoms with Gasteiger partial charge >= 0.3 is 6.18 Å². The average molecular weight is 334 g/mol. The third-order valence-electron chi connectivity index (χ3n) is 4.57. The van der Waals surface area contributed by atoms with Gasteiger partial charge in [0, 0.05) is 24.3 Å². The second-order valence-corrected chi connectivity index (χ2v) is 6.27. The largest absolute Gasteiger partial charge is 0.417 e. The van der Waals surface area contributed by atoms with Gasteiger partial charge < -0.3 is 5.32 Å². The molecule has 24 heavy (non-hydrogen) atoms. The number of pyridine rings is 1. The standard InChI is InChI=1S/C19H21F3N2/c20-19(21,22)17-11-5-4-10-16(17)18-14(7-6-12-23-18)13-24-15-8-2-1-3-9-15/h4-7,10-12,15,24H,1-3,8-9,13H2. The predicted octanol–water partition coefficient (Wildman–Crippen LogP) is 5.19. The Labute approximate surface area is 140 Å². The molecular weight excluding hydrogens is 313 g/mol. The summed E-state index contributed by atoms with van der Waals surface area (Å²) in [6.07, 6.45) is 3.14. The molecule has 0 radical (unpaired) electrons. The molecule has 3 rings (SSSR count). The molecular formula is C19H21F3N2. The summed E-state index contributed by atoms with van der Waals surface area (Å²) >= 11 is 0. The first-order valence-electron chi connectivity index (χ1n) is 8.39. The van der Waals surface area contributed by atoms with Crippen LogP contribution in [0.4, 0.5) is 13.2 Å². The van der Waals surface area contributed by atoms with E-state index in [0.29, 0.717) is 18.3 Å². The van der Waals surface area contributed by atoms with Gasteiger partial charge in [-0.25, -0.2) is 0 Å². The lowest BCUT2D eigenvalue weighted by atomic mass is 9.95. The SMILES string of the molecule is FC(F)(F)c1ccccc1-c1ncccc1CNC1CCCCC1. The summed E-state index contributed by atoms with van der Waals surface area (Å²) in [5.74, 6) is 0. The van der Waals surface area contributed by atoms with Crippen LogP contribution in [0, 0.1) is 0 Å². The molecule has 1 saturated carbocycles. The van der Waals surface area contributed by atoms with Gasteiger partial charge in [-0.15, -0.1) is 0 Å². The van der Waals surface area contributed by atoms with E-state index in [9.17, 15) is 13.2 Å². The minimum absolute atomic E-state index is 0.144. The molecule has 1 aliphatic carbocycles. The smallest absolute Gasteiger partial charge is 0.310 e. The topological polar surface area (TPSA) is 24.9 Å². The van der Waals surface area contributed by atoms with Crippen LogP contribution in [0.5, 0.6) is 0 Å². The average Bonchev–Trinajstić information content (AvgIpc) is 2.60. The minimum atomic E-state index is -4.39. The van der Waals surface area contributed by atoms with Gasteiger partial charge in [0.1, 0.15) is 0 Å². The number of benzene rings is 1. The molecule has 128 valence electrons. The van der Waals surface area contributed by atoms with E-state index in [1.807, 2.05) is 6.07 Å². The van der Waals surface area contributed by atoms with Crippen molar-refractivity contribution in [2.45, 2.75) is 50.9 Å². The third-order valence-corrected chi connectivity index (χ3v) is 4.57. The van der Waals surface area contributed by atoms with E-state index in [1.165, 1.54) is 31.4 Å². The van der Waals surface area contributed by atoms with Gasteiger partial charge in [-0.05, 0) is 30.5 Å². The summed E-state index contributed by atoms with van der Waals surface area (Å²) in [5.41, 5.74) is 0.724. The van der Waals surface area contributed by atoms with Crippen LogP contribution in [-0.4, -0.2) is 11.0 Å². The first kappa shape index (κ1) is 17.0. The van der Waals surface area contributed by atoms with Crippen LogP contribution in [-0.2, 0) is 12.7 Å². The van der Waals surface area contributed by atoms with Crippen molar-refractivity contribution in [3.63, 3.8) is 0 Å². The lowest BCUT2D eigenvalue weighted by Crippen LogP contribution is -2.30. The predicted molar refractivity (Wildman–Crippen MR) is 88.4 cm³/mol. The maximum absolute atomic E-state index is 13.3. The quantitative estimate of drug-likeness (QED) is 0.832. The molecule has 0 unspecified atom stereocenters. The van der Waals surface area contributed by atoms with Crippen LogP contribution in [0.25, 0.3) is 11.3 Å². The number of halogens is 3. The van der Waals surface area contributed by atoms with Crippen LogP contribution in [0.3, 0.4) is 0 Å². The summed E-state index contributed by atoms with van der Waals surface area (Å²) in [5, 5.41) is 3.48. The Morgan fingerprint density at radius 1 is 1.00 bits per heavy atom. The molecule has 0 aliphatic heterocycles. The second kappa shape index (κ2) is 7.34. The fourth-order valence-corrected chi connectivity index (χ4v) is 3.32. The Hall–Kier alpha value is -1.88. The van der Waals surface area contributed by atoms with Crippen molar-refractivity contribution < 1.29 is 13.2 Å². The van der Waals surface area contributed by atoms with Gasteiger partial charge in [-0.2, -0.15) is 13.2 Å². The van der Waals surface area contributed by atoms with E-state index >= 15 is 0 Å². The summed E-state index contributed by atoms with van der Waals surface area (Å²) < 4.78 is 39.9. The van der Waals surface area contributed by atoms with E-state index in [4.69, 9.17) is 0 Å². The van der Waals surface area contributed by atoms with Crippen molar-refractivity contribution in [3.05, 3.63) is 53.7 Å². The lowest BCUT2D eigenvalue weighted by Gasteiger charge is -2.23. The Morgan fingerprint density at radius 3 is 2.50 bits per heavy atom. The van der Waals surface area contributed by atoms with Crippen LogP contribution >= 0.6 is 0 Å². The maximum atomic E-state index is 13.3. The normalized spacial score (nSPS) is 16.3. The zero-order valence-corrected chi connectivity index (χ0v) is 13.4. The van der Waals surface area contributed by atoms with Gasteiger partial charge in [0.2, 0.25) is 0 Å². The molecule has 0 amide bonds. The third kappa shape index (κ3) is 3.96. The van der Waals surface area contributed by atoms with Crippen LogP contribution < -0.4 is 5.32 Å². The number of hydrogen-bond donors (Lipinski definition) is 1. The van der Waals surface area contributed by atoms with Crippen molar-refractivity contribution in [2.24, 2.45) is 0 Å². The molecule has 1 heterocycles. The second-order valence-electron chi connectivity index (χ2n) is 6.27. The van der Waals surface area contributed by atoms with Crippen molar-refractivity contribution in [1.82, 2.24) is 10.3 Å². The Morgan fingerprint density at radius 2 is 1.75 bits per heavy atom. The van der Waals surface area contributed by atoms with Crippen molar-refractivity contribution in [3.8, 4) is 11.3 Å². The number of alkyl halides is 3. The first-order valence-corrected chi connectivity index (χ1v) is 8.39. The van der Waals surface area contributed by atoms with Crippen LogP contribution in [0.1, 0.15) is 43.2 Å². The van der Waals surface area contributed by atoms with E-state index in [1.54, 1.807) is 18.3 Å². The number of nitrogens with zero attached hydrogens (tertiary/aromatic N) is 1. The zero-order chi connectivity index (χ0) is 17.0. The van der Waals surface area contributed by atoms with E-state index in [-0.39, 0.29) is 5.56 Å². The number of nitrogens with one attached hydrogen (secondary N) is 1. The monoisotopic (exact) mass is 334 g/mol. The maximum Gasteiger partial charge on any atom is 0.417 e.